The van der Waals surface area contributed by atoms with Gasteiger partial charge in [-0.05, 0) is 19.4 Å². The number of hydrogen-bond donors (Lipinski definition) is 1. The van der Waals surface area contributed by atoms with Crippen molar-refractivity contribution in [3.05, 3.63) is 35.9 Å². The van der Waals surface area contributed by atoms with E-state index in [2.05, 4.69) is 0 Å². The Hall–Kier alpha value is -2.04. The van der Waals surface area contributed by atoms with E-state index in [4.69, 9.17) is 5.11 Å². The highest BCUT2D eigenvalue weighted by Crippen LogP contribution is 2.12. The number of hydrogen-bond acceptors (Lipinski definition) is 2. The third-order valence-corrected chi connectivity index (χ3v) is 3.36. The lowest BCUT2D eigenvalue weighted by molar-refractivity contribution is -0.141. The van der Waals surface area contributed by atoms with Crippen LogP contribution >= 0.6 is 0 Å². The quantitative estimate of drug-likeness (QED) is 0.877. The summed E-state index contributed by atoms with van der Waals surface area (Å²) in [5.74, 6) is -1.47. The van der Waals surface area contributed by atoms with Crippen LogP contribution < -0.4 is 0 Å². The van der Waals surface area contributed by atoms with Gasteiger partial charge in [0, 0.05) is 26.2 Å². The van der Waals surface area contributed by atoms with E-state index in [1.807, 2.05) is 44.2 Å². The molecule has 1 unspecified atom stereocenters. The molecule has 0 bridgehead atoms. The van der Waals surface area contributed by atoms with E-state index in [1.54, 1.807) is 18.9 Å². The first-order valence-corrected chi connectivity index (χ1v) is 7.11. The van der Waals surface area contributed by atoms with Crippen molar-refractivity contribution in [3.63, 3.8) is 0 Å². The lowest BCUT2D eigenvalue weighted by Crippen LogP contribution is -2.46. The molecular weight excluding hydrogens is 268 g/mol. The standard InChI is InChI=1S/C16H24N2O3/c1-12(2)18(11-14-8-6-5-7-9-14)16(21)17(4)10-13(3)15(19)20/h5-9,12-13H,10-11H2,1-4H3,(H,19,20). The number of rotatable bonds is 6. The van der Waals surface area contributed by atoms with Crippen LogP contribution in [0, 0.1) is 5.92 Å². The molecule has 116 valence electrons. The van der Waals surface area contributed by atoms with Crippen LogP contribution in [0.15, 0.2) is 30.3 Å². The fourth-order valence-electron chi connectivity index (χ4n) is 2.04. The number of aliphatic carboxylic acids is 1. The smallest absolute Gasteiger partial charge is 0.320 e. The van der Waals surface area contributed by atoms with Crippen LogP contribution in [-0.2, 0) is 11.3 Å². The average molecular weight is 292 g/mol. The van der Waals surface area contributed by atoms with Crippen molar-refractivity contribution in [2.75, 3.05) is 13.6 Å². The minimum Gasteiger partial charge on any atom is -0.481 e. The molecule has 0 radical (unpaired) electrons. The summed E-state index contributed by atoms with van der Waals surface area (Å²) in [6, 6.07) is 9.65. The van der Waals surface area contributed by atoms with E-state index >= 15 is 0 Å². The number of benzene rings is 1. The Labute approximate surface area is 126 Å². The number of carboxylic acid groups (broad SMARTS) is 1. The summed E-state index contributed by atoms with van der Waals surface area (Å²) < 4.78 is 0. The molecular formula is C16H24N2O3. The van der Waals surface area contributed by atoms with Crippen molar-refractivity contribution in [2.45, 2.75) is 33.4 Å². The molecule has 1 N–H and O–H groups in total. The van der Waals surface area contributed by atoms with Gasteiger partial charge in [0.15, 0.2) is 0 Å². The first kappa shape index (κ1) is 17.0. The van der Waals surface area contributed by atoms with E-state index in [0.717, 1.165) is 5.56 Å². The molecule has 21 heavy (non-hydrogen) atoms. The van der Waals surface area contributed by atoms with Gasteiger partial charge in [0.05, 0.1) is 5.92 Å². The molecule has 1 atom stereocenters. The molecule has 5 heteroatoms. The summed E-state index contributed by atoms with van der Waals surface area (Å²) in [6.07, 6.45) is 0. The number of urea groups is 1. The Balaban J connectivity index is 2.76. The van der Waals surface area contributed by atoms with Gasteiger partial charge in [-0.25, -0.2) is 4.79 Å². The van der Waals surface area contributed by atoms with Crippen LogP contribution in [0.5, 0.6) is 0 Å². The second kappa shape index (κ2) is 7.67. The molecule has 0 aliphatic heterocycles. The summed E-state index contributed by atoms with van der Waals surface area (Å²) in [6.45, 7) is 6.23. The van der Waals surface area contributed by atoms with Crippen molar-refractivity contribution in [1.29, 1.82) is 0 Å². The van der Waals surface area contributed by atoms with Crippen molar-refractivity contribution < 1.29 is 14.7 Å². The number of carboxylic acids is 1. The van der Waals surface area contributed by atoms with Gasteiger partial charge in [-0.3, -0.25) is 4.79 Å². The fraction of sp³-hybridized carbons (Fsp3) is 0.500. The zero-order valence-electron chi connectivity index (χ0n) is 13.1. The minimum atomic E-state index is -0.895. The minimum absolute atomic E-state index is 0.0419. The van der Waals surface area contributed by atoms with Crippen LogP contribution in [0.4, 0.5) is 4.79 Å². The molecule has 0 saturated carbocycles. The Kier molecular flexibility index (Phi) is 6.21. The molecule has 1 rings (SSSR count). The van der Waals surface area contributed by atoms with Gasteiger partial charge < -0.3 is 14.9 Å². The predicted molar refractivity (Wildman–Crippen MR) is 81.9 cm³/mol. The topological polar surface area (TPSA) is 60.9 Å². The van der Waals surface area contributed by atoms with Crippen molar-refractivity contribution >= 4 is 12.0 Å². The van der Waals surface area contributed by atoms with Crippen LogP contribution in [0.3, 0.4) is 0 Å². The number of amides is 2. The Morgan fingerprint density at radius 3 is 2.19 bits per heavy atom. The summed E-state index contributed by atoms with van der Waals surface area (Å²) in [5, 5.41) is 8.94. The number of carbonyl (C=O) groups excluding carboxylic acids is 1. The lowest BCUT2D eigenvalue weighted by Gasteiger charge is -2.32. The van der Waals surface area contributed by atoms with Crippen molar-refractivity contribution in [1.82, 2.24) is 9.80 Å². The van der Waals surface area contributed by atoms with Crippen LogP contribution in [0.25, 0.3) is 0 Å². The maximum Gasteiger partial charge on any atom is 0.320 e. The third-order valence-electron chi connectivity index (χ3n) is 3.36. The Morgan fingerprint density at radius 2 is 1.71 bits per heavy atom. The SMILES string of the molecule is CC(CN(C)C(=O)N(Cc1ccccc1)C(C)C)C(=O)O. The fourth-order valence-corrected chi connectivity index (χ4v) is 2.04. The molecule has 1 aromatic carbocycles. The zero-order valence-corrected chi connectivity index (χ0v) is 13.1. The second-order valence-corrected chi connectivity index (χ2v) is 5.61. The van der Waals surface area contributed by atoms with Crippen LogP contribution in [0.1, 0.15) is 26.3 Å². The largest absolute Gasteiger partial charge is 0.481 e. The van der Waals surface area contributed by atoms with Gasteiger partial charge >= 0.3 is 12.0 Å². The highest BCUT2D eigenvalue weighted by molar-refractivity contribution is 5.76. The average Bonchev–Trinajstić information content (AvgIpc) is 2.44. The molecule has 0 aliphatic carbocycles. The summed E-state index contributed by atoms with van der Waals surface area (Å²) in [7, 11) is 1.64. The van der Waals surface area contributed by atoms with Crippen LogP contribution in [0.2, 0.25) is 0 Å². The normalized spacial score (nSPS) is 12.0. The maximum absolute atomic E-state index is 12.5. The summed E-state index contributed by atoms with van der Waals surface area (Å²) >= 11 is 0. The maximum atomic E-state index is 12.5. The first-order chi connectivity index (χ1) is 9.82. The van der Waals surface area contributed by atoms with Gasteiger partial charge in [-0.15, -0.1) is 0 Å². The highest BCUT2D eigenvalue weighted by Gasteiger charge is 2.23. The van der Waals surface area contributed by atoms with Gasteiger partial charge in [0.1, 0.15) is 0 Å². The molecule has 0 heterocycles. The van der Waals surface area contributed by atoms with E-state index in [9.17, 15) is 9.59 Å². The van der Waals surface area contributed by atoms with Gasteiger partial charge in [0.25, 0.3) is 0 Å². The molecule has 2 amide bonds. The second-order valence-electron chi connectivity index (χ2n) is 5.61. The number of nitrogens with zero attached hydrogens (tertiary/aromatic N) is 2. The van der Waals surface area contributed by atoms with Crippen molar-refractivity contribution in [3.8, 4) is 0 Å². The monoisotopic (exact) mass is 292 g/mol. The first-order valence-electron chi connectivity index (χ1n) is 7.11. The lowest BCUT2D eigenvalue weighted by atomic mass is 10.1. The van der Waals surface area contributed by atoms with Crippen molar-refractivity contribution in [2.24, 2.45) is 5.92 Å². The van der Waals surface area contributed by atoms with E-state index in [-0.39, 0.29) is 18.6 Å². The predicted octanol–water partition coefficient (Wildman–Crippen LogP) is 2.67. The number of carbonyl (C=O) groups is 2. The Morgan fingerprint density at radius 1 is 1.14 bits per heavy atom. The molecule has 1 aromatic rings. The van der Waals surface area contributed by atoms with Gasteiger partial charge in [-0.2, -0.15) is 0 Å². The third kappa shape index (κ3) is 5.10. The molecule has 5 nitrogen and oxygen atoms in total. The molecule has 0 aromatic heterocycles. The molecule has 0 saturated heterocycles. The highest BCUT2D eigenvalue weighted by atomic mass is 16.4. The Bertz CT molecular complexity index is 474. The summed E-state index contributed by atoms with van der Waals surface area (Å²) in [4.78, 5) is 26.6. The van der Waals surface area contributed by atoms with Crippen LogP contribution in [-0.4, -0.2) is 46.5 Å². The van der Waals surface area contributed by atoms with Gasteiger partial charge in [-0.1, -0.05) is 37.3 Å². The molecule has 0 fully saturated rings. The molecule has 0 spiro atoms. The molecule has 0 aliphatic rings. The summed E-state index contributed by atoms with van der Waals surface area (Å²) in [5.41, 5.74) is 1.05. The van der Waals surface area contributed by atoms with E-state index in [1.165, 1.54) is 4.90 Å². The van der Waals surface area contributed by atoms with E-state index in [0.29, 0.717) is 6.54 Å². The van der Waals surface area contributed by atoms with E-state index < -0.39 is 11.9 Å². The van der Waals surface area contributed by atoms with Gasteiger partial charge in [0.2, 0.25) is 0 Å². The zero-order chi connectivity index (χ0) is 16.0.